The number of nitrogens with two attached hydrogens (primary N) is 1. The van der Waals surface area contributed by atoms with Crippen molar-refractivity contribution in [3.05, 3.63) is 28.2 Å². The number of amides is 1. The molecule has 1 fully saturated rings. The highest BCUT2D eigenvalue weighted by Gasteiger charge is 2.36. The van der Waals surface area contributed by atoms with E-state index in [0.29, 0.717) is 28.9 Å². The third-order valence-electron chi connectivity index (χ3n) is 3.86. The lowest BCUT2D eigenvalue weighted by Gasteiger charge is -2.25. The maximum absolute atomic E-state index is 12.4. The topological polar surface area (TPSA) is 55.6 Å². The Kier molecular flexibility index (Phi) is 6.81. The molecule has 0 radical (unpaired) electrons. The minimum absolute atomic E-state index is 0. The number of benzene rings is 1. The molecule has 124 valence electrons. The van der Waals surface area contributed by atoms with Crippen LogP contribution in [0.2, 0.25) is 10.0 Å². The predicted molar refractivity (Wildman–Crippen MR) is 92.2 cm³/mol. The van der Waals surface area contributed by atoms with Crippen molar-refractivity contribution in [2.75, 3.05) is 19.6 Å². The predicted octanol–water partition coefficient (Wildman–Crippen LogP) is 3.38. The highest BCUT2D eigenvalue weighted by Crippen LogP contribution is 2.30. The van der Waals surface area contributed by atoms with Gasteiger partial charge in [-0.2, -0.15) is 0 Å². The van der Waals surface area contributed by atoms with Gasteiger partial charge in [0.25, 0.3) is 5.91 Å². The molecule has 0 aliphatic carbocycles. The van der Waals surface area contributed by atoms with Crippen LogP contribution < -0.4 is 10.5 Å². The number of halogens is 3. The van der Waals surface area contributed by atoms with Crippen LogP contribution in [0.5, 0.6) is 5.75 Å². The van der Waals surface area contributed by atoms with Crippen LogP contribution in [0.3, 0.4) is 0 Å². The molecule has 4 nitrogen and oxygen atoms in total. The molecule has 0 aromatic heterocycles. The molecule has 0 bridgehead atoms. The van der Waals surface area contributed by atoms with Gasteiger partial charge in [0.05, 0.1) is 0 Å². The van der Waals surface area contributed by atoms with Crippen LogP contribution in [0.25, 0.3) is 0 Å². The number of carbonyl (C=O) groups is 1. The maximum Gasteiger partial charge on any atom is 0.263 e. The lowest BCUT2D eigenvalue weighted by Crippen LogP contribution is -2.41. The van der Waals surface area contributed by atoms with Gasteiger partial charge in [-0.05, 0) is 43.5 Å². The van der Waals surface area contributed by atoms with E-state index in [1.54, 1.807) is 25.1 Å². The van der Waals surface area contributed by atoms with E-state index >= 15 is 0 Å². The maximum atomic E-state index is 12.4. The van der Waals surface area contributed by atoms with Gasteiger partial charge in [0.15, 0.2) is 6.10 Å². The Hall–Kier alpha value is -0.680. The number of hydrogen-bond donors (Lipinski definition) is 1. The van der Waals surface area contributed by atoms with Crippen LogP contribution in [0, 0.1) is 5.41 Å². The molecule has 1 aromatic carbocycles. The van der Waals surface area contributed by atoms with E-state index in [1.165, 1.54) is 0 Å². The molecule has 1 heterocycles. The van der Waals surface area contributed by atoms with Crippen molar-refractivity contribution < 1.29 is 9.53 Å². The minimum Gasteiger partial charge on any atom is -0.481 e. The third-order valence-corrected chi connectivity index (χ3v) is 4.30. The Morgan fingerprint density at radius 1 is 1.41 bits per heavy atom. The molecule has 1 saturated heterocycles. The fourth-order valence-electron chi connectivity index (χ4n) is 2.49. The van der Waals surface area contributed by atoms with Crippen LogP contribution in [0.1, 0.15) is 20.3 Å². The van der Waals surface area contributed by atoms with Gasteiger partial charge in [-0.15, -0.1) is 12.4 Å². The summed E-state index contributed by atoms with van der Waals surface area (Å²) in [6.07, 6.45) is 0.338. The summed E-state index contributed by atoms with van der Waals surface area (Å²) < 4.78 is 5.66. The highest BCUT2D eigenvalue weighted by molar-refractivity contribution is 6.34. The average molecular weight is 368 g/mol. The van der Waals surface area contributed by atoms with Gasteiger partial charge in [0.1, 0.15) is 5.75 Å². The van der Waals surface area contributed by atoms with Crippen molar-refractivity contribution in [3.63, 3.8) is 0 Å². The van der Waals surface area contributed by atoms with Gasteiger partial charge in [0.2, 0.25) is 0 Å². The first-order valence-corrected chi connectivity index (χ1v) is 7.70. The molecule has 2 atom stereocenters. The van der Waals surface area contributed by atoms with Gasteiger partial charge in [0, 0.05) is 23.1 Å². The number of carbonyl (C=O) groups excluding carboxylic acids is 1. The second-order valence-electron chi connectivity index (χ2n) is 5.89. The fraction of sp³-hybridized carbons (Fsp3) is 0.533. The first kappa shape index (κ1) is 19.4. The van der Waals surface area contributed by atoms with Gasteiger partial charge < -0.3 is 15.4 Å². The number of hydrogen-bond acceptors (Lipinski definition) is 3. The Balaban J connectivity index is 0.00000242. The van der Waals surface area contributed by atoms with Crippen LogP contribution in [-0.4, -0.2) is 36.5 Å². The van der Waals surface area contributed by atoms with E-state index in [1.807, 2.05) is 4.90 Å². The second kappa shape index (κ2) is 7.73. The first-order chi connectivity index (χ1) is 9.83. The molecular formula is C15H21Cl3N2O2. The molecule has 7 heteroatoms. The van der Waals surface area contributed by atoms with E-state index in [4.69, 9.17) is 33.7 Å². The van der Waals surface area contributed by atoms with Crippen LogP contribution >= 0.6 is 35.6 Å². The van der Waals surface area contributed by atoms with Crippen LogP contribution in [0.15, 0.2) is 18.2 Å². The quantitative estimate of drug-likeness (QED) is 0.887. The lowest BCUT2D eigenvalue weighted by molar-refractivity contribution is -0.137. The standard InChI is InChI=1S/C15H20Cl2N2O2.ClH/c1-10(21-13-6-11(16)5-12(17)7-13)14(20)19-4-3-15(2,8-18)9-19;/h5-7,10H,3-4,8-9,18H2,1-2H3;1H. The van der Waals surface area contributed by atoms with Crippen LogP contribution in [0.4, 0.5) is 0 Å². The number of ether oxygens (including phenoxy) is 1. The molecule has 22 heavy (non-hydrogen) atoms. The summed E-state index contributed by atoms with van der Waals surface area (Å²) in [7, 11) is 0. The van der Waals surface area contributed by atoms with Crippen molar-refractivity contribution in [2.45, 2.75) is 26.4 Å². The Labute approximate surface area is 147 Å². The smallest absolute Gasteiger partial charge is 0.263 e. The molecule has 1 aliphatic heterocycles. The van der Waals surface area contributed by atoms with Crippen molar-refractivity contribution in [2.24, 2.45) is 11.1 Å². The highest BCUT2D eigenvalue weighted by atomic mass is 35.5. The average Bonchev–Trinajstić information content (AvgIpc) is 2.80. The largest absolute Gasteiger partial charge is 0.481 e. The number of likely N-dealkylation sites (tertiary alicyclic amines) is 1. The minimum atomic E-state index is -0.584. The van der Waals surface area contributed by atoms with Gasteiger partial charge in [-0.25, -0.2) is 0 Å². The van der Waals surface area contributed by atoms with Gasteiger partial charge in [-0.3, -0.25) is 4.79 Å². The van der Waals surface area contributed by atoms with Gasteiger partial charge in [-0.1, -0.05) is 30.1 Å². The van der Waals surface area contributed by atoms with E-state index in [-0.39, 0.29) is 23.7 Å². The number of rotatable bonds is 4. The summed E-state index contributed by atoms with van der Waals surface area (Å²) in [5, 5.41) is 0.961. The lowest BCUT2D eigenvalue weighted by atomic mass is 9.90. The SMILES string of the molecule is CC(Oc1cc(Cl)cc(Cl)c1)C(=O)N1CCC(C)(CN)C1.Cl. The number of nitrogens with zero attached hydrogens (tertiary/aromatic N) is 1. The summed E-state index contributed by atoms with van der Waals surface area (Å²) in [5.74, 6) is 0.456. The van der Waals surface area contributed by atoms with E-state index in [2.05, 4.69) is 6.92 Å². The molecule has 2 rings (SSSR count). The fourth-order valence-corrected chi connectivity index (χ4v) is 2.99. The van der Waals surface area contributed by atoms with Crippen molar-refractivity contribution >= 4 is 41.5 Å². The first-order valence-electron chi connectivity index (χ1n) is 6.94. The molecule has 2 N–H and O–H groups in total. The monoisotopic (exact) mass is 366 g/mol. The van der Waals surface area contributed by atoms with Crippen molar-refractivity contribution in [1.82, 2.24) is 4.90 Å². The molecule has 1 aromatic rings. The normalized spacial score (nSPS) is 22.1. The molecule has 0 spiro atoms. The summed E-state index contributed by atoms with van der Waals surface area (Å²) in [4.78, 5) is 14.2. The molecular weight excluding hydrogens is 347 g/mol. The Bertz CT molecular complexity index is 521. The van der Waals surface area contributed by atoms with Crippen molar-refractivity contribution in [1.29, 1.82) is 0 Å². The van der Waals surface area contributed by atoms with E-state index in [9.17, 15) is 4.79 Å². The van der Waals surface area contributed by atoms with Crippen molar-refractivity contribution in [3.8, 4) is 5.75 Å². The molecule has 2 unspecified atom stereocenters. The molecule has 0 saturated carbocycles. The Morgan fingerprint density at radius 3 is 2.50 bits per heavy atom. The van der Waals surface area contributed by atoms with Gasteiger partial charge >= 0.3 is 0 Å². The van der Waals surface area contributed by atoms with E-state index in [0.717, 1.165) is 13.0 Å². The van der Waals surface area contributed by atoms with E-state index < -0.39 is 6.10 Å². The Morgan fingerprint density at radius 2 is 2.00 bits per heavy atom. The summed E-state index contributed by atoms with van der Waals surface area (Å²) in [6, 6.07) is 4.91. The summed E-state index contributed by atoms with van der Waals surface area (Å²) in [5.41, 5.74) is 5.77. The van der Waals surface area contributed by atoms with Crippen LogP contribution in [-0.2, 0) is 4.79 Å². The molecule has 1 aliphatic rings. The molecule has 1 amide bonds. The third kappa shape index (κ3) is 4.66. The zero-order valence-electron chi connectivity index (χ0n) is 12.6. The summed E-state index contributed by atoms with van der Waals surface area (Å²) >= 11 is 11.8. The zero-order chi connectivity index (χ0) is 15.6. The summed E-state index contributed by atoms with van der Waals surface area (Å²) in [6.45, 7) is 5.80. The zero-order valence-corrected chi connectivity index (χ0v) is 15.0. The second-order valence-corrected chi connectivity index (χ2v) is 6.76.